The maximum absolute atomic E-state index is 10.5. The molecule has 2 rings (SSSR count). The third kappa shape index (κ3) is 6.20. The number of hydrogen-bond donors (Lipinski definition) is 1. The Balaban J connectivity index is 0.000000321. The molecule has 0 unspecified atom stereocenters. The second-order valence-corrected chi connectivity index (χ2v) is 4.52. The summed E-state index contributed by atoms with van der Waals surface area (Å²) in [4.78, 5) is 12.1. The molecule has 0 radical (unpaired) electrons. The van der Waals surface area contributed by atoms with Gasteiger partial charge in [0.15, 0.2) is 0 Å². The van der Waals surface area contributed by atoms with E-state index in [0.29, 0.717) is 12.6 Å². The predicted octanol–water partition coefficient (Wildman–Crippen LogP) is 1.48. The van der Waals surface area contributed by atoms with E-state index in [0.717, 1.165) is 26.1 Å². The van der Waals surface area contributed by atoms with Gasteiger partial charge in [0.2, 0.25) is 0 Å². The average Bonchev–Trinajstić information content (AvgIpc) is 3.01. The zero-order valence-electron chi connectivity index (χ0n) is 10.9. The SMILES string of the molecule is CO[C@H]1CCN(C(=O)Cl)C1.CO[C@H]1CCNC1.Cl. The molecule has 2 aliphatic rings. The molecule has 108 valence electrons. The van der Waals surface area contributed by atoms with Gasteiger partial charge in [0.05, 0.1) is 12.2 Å². The highest BCUT2D eigenvalue weighted by molar-refractivity contribution is 6.62. The molecule has 0 spiro atoms. The van der Waals surface area contributed by atoms with Gasteiger partial charge in [-0.25, -0.2) is 0 Å². The van der Waals surface area contributed by atoms with E-state index >= 15 is 0 Å². The third-order valence-electron chi connectivity index (χ3n) is 3.08. The largest absolute Gasteiger partial charge is 0.380 e. The van der Waals surface area contributed by atoms with Crippen LogP contribution in [0.2, 0.25) is 0 Å². The Morgan fingerprint density at radius 3 is 2.22 bits per heavy atom. The Morgan fingerprint density at radius 1 is 1.28 bits per heavy atom. The zero-order valence-corrected chi connectivity index (χ0v) is 12.4. The molecule has 0 aliphatic carbocycles. The smallest absolute Gasteiger partial charge is 0.316 e. The van der Waals surface area contributed by atoms with Crippen molar-refractivity contribution >= 4 is 29.4 Å². The van der Waals surface area contributed by atoms with Gasteiger partial charge in [0.1, 0.15) is 0 Å². The Bertz CT molecular complexity index is 238. The van der Waals surface area contributed by atoms with Gasteiger partial charge in [-0.15, -0.1) is 12.4 Å². The lowest BCUT2D eigenvalue weighted by Crippen LogP contribution is -2.24. The molecular formula is C11H22Cl2N2O3. The number of likely N-dealkylation sites (tertiary alicyclic amines) is 1. The van der Waals surface area contributed by atoms with Crippen LogP contribution in [-0.4, -0.2) is 62.9 Å². The number of ether oxygens (including phenoxy) is 2. The summed E-state index contributed by atoms with van der Waals surface area (Å²) < 4.78 is 10.1. The molecule has 2 aliphatic heterocycles. The Labute approximate surface area is 120 Å². The first kappa shape index (κ1) is 17.9. The lowest BCUT2D eigenvalue weighted by atomic mass is 10.3. The first-order chi connectivity index (χ1) is 8.17. The van der Waals surface area contributed by atoms with Crippen molar-refractivity contribution in [3.05, 3.63) is 0 Å². The standard InChI is InChI=1S/C6H10ClNO2.C5H11NO.ClH/c1-10-5-2-3-8(4-5)6(7)9;1-7-5-2-3-6-4-5;/h5H,2-4H2,1H3;5-6H,2-4H2,1H3;1H/t2*5-;/m00./s1. The van der Waals surface area contributed by atoms with E-state index in [9.17, 15) is 4.79 Å². The van der Waals surface area contributed by atoms with Crippen molar-refractivity contribution < 1.29 is 14.3 Å². The van der Waals surface area contributed by atoms with Gasteiger partial charge in [-0.2, -0.15) is 0 Å². The molecule has 7 heteroatoms. The van der Waals surface area contributed by atoms with E-state index in [1.54, 1.807) is 19.1 Å². The Morgan fingerprint density at radius 2 is 1.94 bits per heavy atom. The summed E-state index contributed by atoms with van der Waals surface area (Å²) in [7, 11) is 3.41. The highest BCUT2D eigenvalue weighted by Gasteiger charge is 2.24. The summed E-state index contributed by atoms with van der Waals surface area (Å²) in [5.74, 6) is 0. The quantitative estimate of drug-likeness (QED) is 0.620. The summed E-state index contributed by atoms with van der Waals surface area (Å²) in [6.45, 7) is 3.52. The summed E-state index contributed by atoms with van der Waals surface area (Å²) in [6, 6.07) is 0. The highest BCUT2D eigenvalue weighted by atomic mass is 35.5. The fourth-order valence-corrected chi connectivity index (χ4v) is 2.06. The Kier molecular flexibility index (Phi) is 9.77. The molecule has 1 amide bonds. The van der Waals surface area contributed by atoms with Crippen molar-refractivity contribution in [3.8, 4) is 0 Å². The Hall–Kier alpha value is -0.0700. The fraction of sp³-hybridized carbons (Fsp3) is 0.909. The summed E-state index contributed by atoms with van der Waals surface area (Å²) in [5, 5.41) is 2.82. The third-order valence-corrected chi connectivity index (χ3v) is 3.31. The molecule has 18 heavy (non-hydrogen) atoms. The van der Waals surface area contributed by atoms with Gasteiger partial charge in [0, 0.05) is 33.9 Å². The van der Waals surface area contributed by atoms with E-state index < -0.39 is 0 Å². The van der Waals surface area contributed by atoms with Crippen LogP contribution in [0.25, 0.3) is 0 Å². The van der Waals surface area contributed by atoms with Gasteiger partial charge in [-0.3, -0.25) is 4.79 Å². The van der Waals surface area contributed by atoms with Crippen LogP contribution in [0, 0.1) is 0 Å². The molecule has 0 bridgehead atoms. The number of nitrogens with zero attached hydrogens (tertiary/aromatic N) is 1. The number of rotatable bonds is 2. The van der Waals surface area contributed by atoms with Gasteiger partial charge < -0.3 is 19.7 Å². The minimum atomic E-state index is -0.375. The van der Waals surface area contributed by atoms with Crippen molar-refractivity contribution in [2.75, 3.05) is 40.4 Å². The van der Waals surface area contributed by atoms with E-state index in [2.05, 4.69) is 5.32 Å². The van der Waals surface area contributed by atoms with Crippen LogP contribution in [0.15, 0.2) is 0 Å². The maximum atomic E-state index is 10.5. The maximum Gasteiger partial charge on any atom is 0.316 e. The summed E-state index contributed by atoms with van der Waals surface area (Å²) in [5.41, 5.74) is 0. The fourth-order valence-electron chi connectivity index (χ4n) is 1.91. The normalized spacial score (nSPS) is 26.3. The molecule has 1 N–H and O–H groups in total. The van der Waals surface area contributed by atoms with Crippen molar-refractivity contribution in [2.24, 2.45) is 0 Å². The van der Waals surface area contributed by atoms with Gasteiger partial charge >= 0.3 is 5.37 Å². The number of carbonyl (C=O) groups excluding carboxylic acids is 1. The average molecular weight is 301 g/mol. The molecule has 2 heterocycles. The zero-order chi connectivity index (χ0) is 12.7. The summed E-state index contributed by atoms with van der Waals surface area (Å²) >= 11 is 5.24. The van der Waals surface area contributed by atoms with Crippen molar-refractivity contribution in [3.63, 3.8) is 0 Å². The number of halogens is 2. The molecule has 2 atom stereocenters. The van der Waals surface area contributed by atoms with Crippen molar-refractivity contribution in [1.82, 2.24) is 10.2 Å². The molecule has 0 aromatic carbocycles. The second-order valence-electron chi connectivity index (χ2n) is 4.20. The van der Waals surface area contributed by atoms with Crippen LogP contribution in [0.3, 0.4) is 0 Å². The van der Waals surface area contributed by atoms with Crippen molar-refractivity contribution in [2.45, 2.75) is 25.0 Å². The number of carbonyl (C=O) groups is 1. The van der Waals surface area contributed by atoms with Gasteiger partial charge in [-0.1, -0.05) is 0 Å². The van der Waals surface area contributed by atoms with Crippen LogP contribution >= 0.6 is 24.0 Å². The van der Waals surface area contributed by atoms with Crippen LogP contribution < -0.4 is 5.32 Å². The molecule has 0 aromatic rings. The summed E-state index contributed by atoms with van der Waals surface area (Å²) in [6.07, 6.45) is 2.74. The van der Waals surface area contributed by atoms with E-state index in [1.807, 2.05) is 0 Å². The van der Waals surface area contributed by atoms with Gasteiger partial charge in [0.25, 0.3) is 0 Å². The second kappa shape index (κ2) is 9.81. The highest BCUT2D eigenvalue weighted by Crippen LogP contribution is 2.13. The van der Waals surface area contributed by atoms with E-state index in [-0.39, 0.29) is 23.9 Å². The van der Waals surface area contributed by atoms with Crippen molar-refractivity contribution in [1.29, 1.82) is 0 Å². The number of methoxy groups -OCH3 is 2. The molecule has 5 nitrogen and oxygen atoms in total. The van der Waals surface area contributed by atoms with Crippen LogP contribution in [0.4, 0.5) is 4.79 Å². The van der Waals surface area contributed by atoms with Crippen LogP contribution in [-0.2, 0) is 9.47 Å². The van der Waals surface area contributed by atoms with Crippen LogP contribution in [0.5, 0.6) is 0 Å². The monoisotopic (exact) mass is 300 g/mol. The molecule has 0 saturated carbocycles. The topological polar surface area (TPSA) is 50.8 Å². The molecule has 0 aromatic heterocycles. The number of nitrogens with one attached hydrogen (secondary N) is 1. The predicted molar refractivity (Wildman–Crippen MR) is 73.8 cm³/mol. The molecule has 2 saturated heterocycles. The molecular weight excluding hydrogens is 279 g/mol. The number of hydrogen-bond acceptors (Lipinski definition) is 4. The lowest BCUT2D eigenvalue weighted by Gasteiger charge is -2.10. The van der Waals surface area contributed by atoms with Gasteiger partial charge in [-0.05, 0) is 31.0 Å². The first-order valence-electron chi connectivity index (χ1n) is 5.88. The first-order valence-corrected chi connectivity index (χ1v) is 6.26. The van der Waals surface area contributed by atoms with E-state index in [4.69, 9.17) is 21.1 Å². The number of amides is 1. The lowest BCUT2D eigenvalue weighted by molar-refractivity contribution is 0.112. The minimum Gasteiger partial charge on any atom is -0.380 e. The van der Waals surface area contributed by atoms with Crippen LogP contribution in [0.1, 0.15) is 12.8 Å². The molecule has 2 fully saturated rings. The minimum absolute atomic E-state index is 0. The van der Waals surface area contributed by atoms with E-state index in [1.165, 1.54) is 6.42 Å².